The first-order chi connectivity index (χ1) is 4.75. The Bertz CT molecular complexity index is 98.9. The van der Waals surface area contributed by atoms with Gasteiger partial charge in [0.05, 0.1) is 0 Å². The summed E-state index contributed by atoms with van der Waals surface area (Å²) in [5.74, 6) is 1.80. The van der Waals surface area contributed by atoms with Gasteiger partial charge in [-0.1, -0.05) is 20.3 Å². The predicted octanol–water partition coefficient (Wildman–Crippen LogP) is 2.03. The maximum Gasteiger partial charge on any atom is 0.00947 e. The second-order valence-electron chi connectivity index (χ2n) is 3.73. The lowest BCUT2D eigenvalue weighted by Gasteiger charge is -2.22. The van der Waals surface area contributed by atoms with Crippen LogP contribution in [0.5, 0.6) is 0 Å². The standard InChI is InChI=1S/C9H19N/c1-7(2)8-5-4-6-9(8)10-3/h7-10H,4-6H2,1-3H3/t8-,9-/m0/s1. The molecule has 0 spiro atoms. The van der Waals surface area contributed by atoms with Crippen LogP contribution in [0.1, 0.15) is 33.1 Å². The van der Waals surface area contributed by atoms with Crippen molar-refractivity contribution < 1.29 is 0 Å². The fraction of sp³-hybridized carbons (Fsp3) is 1.00. The van der Waals surface area contributed by atoms with E-state index in [0.29, 0.717) is 0 Å². The highest BCUT2D eigenvalue weighted by molar-refractivity contribution is 4.83. The zero-order valence-electron chi connectivity index (χ0n) is 7.35. The van der Waals surface area contributed by atoms with Gasteiger partial charge in [0.25, 0.3) is 0 Å². The minimum atomic E-state index is 0.806. The Morgan fingerprint density at radius 1 is 1.30 bits per heavy atom. The van der Waals surface area contributed by atoms with E-state index in [1.54, 1.807) is 0 Å². The summed E-state index contributed by atoms with van der Waals surface area (Å²) in [6.45, 7) is 4.67. The van der Waals surface area contributed by atoms with Crippen LogP contribution in [0.3, 0.4) is 0 Å². The molecule has 1 fully saturated rings. The van der Waals surface area contributed by atoms with Crippen LogP contribution in [0.15, 0.2) is 0 Å². The smallest absolute Gasteiger partial charge is 0.00947 e. The summed E-state index contributed by atoms with van der Waals surface area (Å²) in [5.41, 5.74) is 0. The fourth-order valence-corrected chi connectivity index (χ4v) is 2.15. The summed E-state index contributed by atoms with van der Waals surface area (Å²) >= 11 is 0. The lowest BCUT2D eigenvalue weighted by Crippen LogP contribution is -2.31. The van der Waals surface area contributed by atoms with Gasteiger partial charge in [0.2, 0.25) is 0 Å². The van der Waals surface area contributed by atoms with Gasteiger partial charge in [-0.25, -0.2) is 0 Å². The van der Waals surface area contributed by atoms with Crippen LogP contribution < -0.4 is 5.32 Å². The molecule has 1 rings (SSSR count). The molecule has 0 amide bonds. The van der Waals surface area contributed by atoms with Crippen molar-refractivity contribution in [3.63, 3.8) is 0 Å². The van der Waals surface area contributed by atoms with Gasteiger partial charge in [0.1, 0.15) is 0 Å². The molecule has 0 aliphatic heterocycles. The predicted molar refractivity (Wildman–Crippen MR) is 45.0 cm³/mol. The van der Waals surface area contributed by atoms with Crippen molar-refractivity contribution in [2.75, 3.05) is 7.05 Å². The summed E-state index contributed by atoms with van der Waals surface area (Å²) in [6.07, 6.45) is 4.25. The van der Waals surface area contributed by atoms with Crippen molar-refractivity contribution in [2.24, 2.45) is 11.8 Å². The van der Waals surface area contributed by atoms with Crippen LogP contribution in [0.2, 0.25) is 0 Å². The van der Waals surface area contributed by atoms with Gasteiger partial charge in [-0.3, -0.25) is 0 Å². The van der Waals surface area contributed by atoms with Gasteiger partial charge in [-0.05, 0) is 31.7 Å². The molecule has 60 valence electrons. The van der Waals surface area contributed by atoms with Crippen LogP contribution in [-0.4, -0.2) is 13.1 Å². The molecule has 2 atom stereocenters. The van der Waals surface area contributed by atoms with Crippen molar-refractivity contribution in [3.8, 4) is 0 Å². The highest BCUT2D eigenvalue weighted by Crippen LogP contribution is 2.30. The molecule has 1 aliphatic carbocycles. The first-order valence-electron chi connectivity index (χ1n) is 4.43. The molecular weight excluding hydrogens is 122 g/mol. The zero-order chi connectivity index (χ0) is 7.56. The molecule has 0 aromatic carbocycles. The summed E-state index contributed by atoms with van der Waals surface area (Å²) in [7, 11) is 2.09. The summed E-state index contributed by atoms with van der Waals surface area (Å²) in [5, 5.41) is 3.40. The van der Waals surface area contributed by atoms with Crippen molar-refractivity contribution in [1.29, 1.82) is 0 Å². The lowest BCUT2D eigenvalue weighted by molar-refractivity contribution is 0.326. The molecule has 0 saturated heterocycles. The van der Waals surface area contributed by atoms with Crippen molar-refractivity contribution in [2.45, 2.75) is 39.2 Å². The van der Waals surface area contributed by atoms with E-state index in [4.69, 9.17) is 0 Å². The van der Waals surface area contributed by atoms with Gasteiger partial charge in [-0.15, -0.1) is 0 Å². The number of hydrogen-bond donors (Lipinski definition) is 1. The number of rotatable bonds is 2. The normalized spacial score (nSPS) is 33.6. The van der Waals surface area contributed by atoms with Gasteiger partial charge in [0, 0.05) is 6.04 Å². The van der Waals surface area contributed by atoms with Crippen molar-refractivity contribution in [3.05, 3.63) is 0 Å². The van der Waals surface area contributed by atoms with Crippen LogP contribution in [0.25, 0.3) is 0 Å². The van der Waals surface area contributed by atoms with Crippen LogP contribution in [-0.2, 0) is 0 Å². The minimum absolute atomic E-state index is 0.806. The molecule has 0 aromatic heterocycles. The Hall–Kier alpha value is -0.0400. The third-order valence-electron chi connectivity index (χ3n) is 2.80. The van der Waals surface area contributed by atoms with E-state index >= 15 is 0 Å². The minimum Gasteiger partial charge on any atom is -0.317 e. The highest BCUT2D eigenvalue weighted by Gasteiger charge is 2.27. The fourth-order valence-electron chi connectivity index (χ4n) is 2.15. The summed E-state index contributed by atoms with van der Waals surface area (Å²) in [6, 6.07) is 0.806. The van der Waals surface area contributed by atoms with Gasteiger partial charge in [0.15, 0.2) is 0 Å². The molecule has 0 unspecified atom stereocenters. The van der Waals surface area contributed by atoms with Crippen LogP contribution in [0, 0.1) is 11.8 Å². The third-order valence-corrected chi connectivity index (χ3v) is 2.80. The van der Waals surface area contributed by atoms with Gasteiger partial charge < -0.3 is 5.32 Å². The first-order valence-corrected chi connectivity index (χ1v) is 4.43. The molecule has 1 heteroatoms. The summed E-state index contributed by atoms with van der Waals surface area (Å²) in [4.78, 5) is 0. The third kappa shape index (κ3) is 1.51. The maximum absolute atomic E-state index is 3.40. The van der Waals surface area contributed by atoms with Gasteiger partial charge in [-0.2, -0.15) is 0 Å². The van der Waals surface area contributed by atoms with Crippen LogP contribution in [0.4, 0.5) is 0 Å². The van der Waals surface area contributed by atoms with E-state index in [1.807, 2.05) is 0 Å². The second kappa shape index (κ2) is 3.38. The topological polar surface area (TPSA) is 12.0 Å². The molecule has 0 bridgehead atoms. The Balaban J connectivity index is 2.42. The molecule has 1 nitrogen and oxygen atoms in total. The lowest BCUT2D eigenvalue weighted by atomic mass is 9.91. The largest absolute Gasteiger partial charge is 0.317 e. The SMILES string of the molecule is CN[C@H]1CCC[C@H]1C(C)C. The van der Waals surface area contributed by atoms with Crippen molar-refractivity contribution >= 4 is 0 Å². The molecule has 0 aromatic rings. The average molecular weight is 141 g/mol. The van der Waals surface area contributed by atoms with Crippen molar-refractivity contribution in [1.82, 2.24) is 5.32 Å². The average Bonchev–Trinajstić information content (AvgIpc) is 2.33. The highest BCUT2D eigenvalue weighted by atomic mass is 14.9. The van der Waals surface area contributed by atoms with Crippen LogP contribution >= 0.6 is 0 Å². The Morgan fingerprint density at radius 3 is 2.40 bits per heavy atom. The molecular formula is C9H19N. The Labute approximate surface area is 64.2 Å². The molecule has 1 saturated carbocycles. The summed E-state index contributed by atoms with van der Waals surface area (Å²) < 4.78 is 0. The quantitative estimate of drug-likeness (QED) is 0.620. The molecule has 10 heavy (non-hydrogen) atoms. The van der Waals surface area contributed by atoms with E-state index in [9.17, 15) is 0 Å². The monoisotopic (exact) mass is 141 g/mol. The molecule has 1 N–H and O–H groups in total. The Morgan fingerprint density at radius 2 is 2.00 bits per heavy atom. The zero-order valence-corrected chi connectivity index (χ0v) is 7.35. The van der Waals surface area contributed by atoms with E-state index in [2.05, 4.69) is 26.2 Å². The number of hydrogen-bond acceptors (Lipinski definition) is 1. The number of nitrogens with one attached hydrogen (secondary N) is 1. The van der Waals surface area contributed by atoms with E-state index < -0.39 is 0 Å². The van der Waals surface area contributed by atoms with E-state index in [-0.39, 0.29) is 0 Å². The Kier molecular flexibility index (Phi) is 2.72. The first kappa shape index (κ1) is 8.06. The van der Waals surface area contributed by atoms with E-state index in [0.717, 1.165) is 17.9 Å². The molecule has 0 heterocycles. The van der Waals surface area contributed by atoms with E-state index in [1.165, 1.54) is 19.3 Å². The molecule has 1 aliphatic rings. The second-order valence-corrected chi connectivity index (χ2v) is 3.73. The van der Waals surface area contributed by atoms with Gasteiger partial charge >= 0.3 is 0 Å². The maximum atomic E-state index is 3.40. The molecule has 0 radical (unpaired) electrons.